The SMILES string of the molecule is CC(C)COC(=O)[C@H](O)[C@@H](O)[C@H](O)[C@H](O)COP(=O)(OCC(C)C)OCC(C)C. The van der Waals surface area contributed by atoms with Gasteiger partial charge in [-0.2, -0.15) is 0 Å². The van der Waals surface area contributed by atoms with E-state index in [4.69, 9.17) is 18.3 Å². The predicted octanol–water partition coefficient (Wildman–Crippen LogP) is 1.10. The molecule has 10 nitrogen and oxygen atoms in total. The monoisotopic (exact) mass is 444 g/mol. The number of esters is 1. The zero-order chi connectivity index (χ0) is 22.8. The van der Waals surface area contributed by atoms with Gasteiger partial charge < -0.3 is 25.2 Å². The van der Waals surface area contributed by atoms with Crippen molar-refractivity contribution in [3.05, 3.63) is 0 Å². The van der Waals surface area contributed by atoms with Crippen molar-refractivity contribution in [2.45, 2.75) is 66.0 Å². The summed E-state index contributed by atoms with van der Waals surface area (Å²) in [5.41, 5.74) is 0. The fourth-order valence-corrected chi connectivity index (χ4v) is 3.27. The van der Waals surface area contributed by atoms with Crippen LogP contribution in [0, 0.1) is 17.8 Å². The first-order valence-corrected chi connectivity index (χ1v) is 11.2. The zero-order valence-corrected chi connectivity index (χ0v) is 18.9. The fraction of sp³-hybridized carbons (Fsp3) is 0.944. The molecular weight excluding hydrogens is 407 g/mol. The number of aliphatic hydroxyl groups is 4. The van der Waals surface area contributed by atoms with Gasteiger partial charge in [0.05, 0.1) is 26.4 Å². The van der Waals surface area contributed by atoms with Crippen LogP contribution in [0.3, 0.4) is 0 Å². The van der Waals surface area contributed by atoms with E-state index in [0.717, 1.165) is 0 Å². The molecule has 11 heteroatoms. The third-order valence-corrected chi connectivity index (χ3v) is 4.80. The molecule has 4 N–H and O–H groups in total. The van der Waals surface area contributed by atoms with E-state index in [2.05, 4.69) is 0 Å². The summed E-state index contributed by atoms with van der Waals surface area (Å²) in [4.78, 5) is 11.7. The first kappa shape index (κ1) is 28.4. The standard InChI is InChI=1S/C18H37O10P/c1-11(2)7-25-18(23)17(22)16(21)15(20)14(19)10-28-29(24,26-8-12(3)4)27-9-13(5)6/h11-17,19-22H,7-10H2,1-6H3/t14-,15-,16+,17-/m1/s1. The van der Waals surface area contributed by atoms with Crippen LogP contribution in [0.25, 0.3) is 0 Å². The van der Waals surface area contributed by atoms with Crippen molar-refractivity contribution in [1.82, 2.24) is 0 Å². The molecule has 0 aromatic heterocycles. The van der Waals surface area contributed by atoms with Gasteiger partial charge in [0, 0.05) is 0 Å². The number of phosphoric ester groups is 1. The Bertz CT molecular complexity index is 495. The highest BCUT2D eigenvalue weighted by atomic mass is 31.2. The average molecular weight is 444 g/mol. The summed E-state index contributed by atoms with van der Waals surface area (Å²) in [6, 6.07) is 0. The van der Waals surface area contributed by atoms with E-state index >= 15 is 0 Å². The molecule has 0 aliphatic rings. The Kier molecular flexibility index (Phi) is 13.4. The van der Waals surface area contributed by atoms with E-state index < -0.39 is 44.8 Å². The molecule has 0 aliphatic heterocycles. The Morgan fingerprint density at radius 1 is 0.724 bits per heavy atom. The lowest BCUT2D eigenvalue weighted by atomic mass is 10.0. The fourth-order valence-electron chi connectivity index (χ4n) is 1.75. The van der Waals surface area contributed by atoms with Gasteiger partial charge >= 0.3 is 13.8 Å². The average Bonchev–Trinajstić information content (AvgIpc) is 2.65. The van der Waals surface area contributed by atoms with Crippen molar-refractivity contribution >= 4 is 13.8 Å². The second-order valence-electron chi connectivity index (χ2n) is 8.14. The Morgan fingerprint density at radius 3 is 1.55 bits per heavy atom. The van der Waals surface area contributed by atoms with Gasteiger partial charge in [0.1, 0.15) is 18.3 Å². The van der Waals surface area contributed by atoms with E-state index in [1.807, 2.05) is 27.7 Å². The van der Waals surface area contributed by atoms with E-state index in [0.29, 0.717) is 0 Å². The topological polar surface area (TPSA) is 152 Å². The Hall–Kier alpha value is -0.580. The van der Waals surface area contributed by atoms with E-state index in [1.165, 1.54) is 0 Å². The van der Waals surface area contributed by atoms with Gasteiger partial charge in [-0.25, -0.2) is 9.36 Å². The smallest absolute Gasteiger partial charge is 0.463 e. The third-order valence-electron chi connectivity index (χ3n) is 3.40. The van der Waals surface area contributed by atoms with Gasteiger partial charge in [-0.1, -0.05) is 41.5 Å². The normalized spacial score (nSPS) is 16.9. The first-order chi connectivity index (χ1) is 13.3. The molecule has 0 saturated carbocycles. The highest BCUT2D eigenvalue weighted by Crippen LogP contribution is 2.50. The quantitative estimate of drug-likeness (QED) is 0.213. The van der Waals surface area contributed by atoms with Crippen molar-refractivity contribution < 1.29 is 48.1 Å². The second-order valence-corrected chi connectivity index (χ2v) is 9.81. The van der Waals surface area contributed by atoms with Crippen molar-refractivity contribution in [3.8, 4) is 0 Å². The number of ether oxygens (including phenoxy) is 1. The molecular formula is C18H37O10P. The first-order valence-electron chi connectivity index (χ1n) is 9.71. The lowest BCUT2D eigenvalue weighted by Gasteiger charge is -2.27. The van der Waals surface area contributed by atoms with Crippen molar-refractivity contribution in [1.29, 1.82) is 0 Å². The van der Waals surface area contributed by atoms with Crippen molar-refractivity contribution in [2.24, 2.45) is 17.8 Å². The van der Waals surface area contributed by atoms with Crippen LogP contribution in [0.15, 0.2) is 0 Å². The summed E-state index contributed by atoms with van der Waals surface area (Å²) >= 11 is 0. The highest BCUT2D eigenvalue weighted by Gasteiger charge is 2.37. The number of carbonyl (C=O) groups is 1. The molecule has 0 aliphatic carbocycles. The molecule has 0 rings (SSSR count). The van der Waals surface area contributed by atoms with Crippen molar-refractivity contribution in [2.75, 3.05) is 26.4 Å². The summed E-state index contributed by atoms with van der Waals surface area (Å²) < 4.78 is 32.9. The van der Waals surface area contributed by atoms with Crippen LogP contribution in [0.1, 0.15) is 41.5 Å². The van der Waals surface area contributed by atoms with E-state index in [-0.39, 0.29) is 37.6 Å². The van der Waals surface area contributed by atoms with Crippen LogP contribution in [0.2, 0.25) is 0 Å². The van der Waals surface area contributed by atoms with Crippen LogP contribution in [0.5, 0.6) is 0 Å². The Balaban J connectivity index is 4.82. The predicted molar refractivity (Wildman–Crippen MR) is 105 cm³/mol. The van der Waals surface area contributed by atoms with Crippen LogP contribution in [-0.2, 0) is 27.7 Å². The van der Waals surface area contributed by atoms with Crippen LogP contribution < -0.4 is 0 Å². The molecule has 0 spiro atoms. The van der Waals surface area contributed by atoms with Gasteiger partial charge in [0.2, 0.25) is 0 Å². The summed E-state index contributed by atoms with van der Waals surface area (Å²) in [5.74, 6) is -1.04. The lowest BCUT2D eigenvalue weighted by Crippen LogP contribution is -2.49. The molecule has 4 atom stereocenters. The molecule has 0 fully saturated rings. The number of phosphoric acid groups is 1. The number of rotatable bonds is 15. The largest absolute Gasteiger partial charge is 0.474 e. The number of carbonyl (C=O) groups excluding carboxylic acids is 1. The van der Waals surface area contributed by atoms with E-state index in [1.54, 1.807) is 13.8 Å². The molecule has 0 heterocycles. The number of aliphatic hydroxyl groups excluding tert-OH is 4. The minimum absolute atomic E-state index is 0.0121. The van der Waals surface area contributed by atoms with Crippen LogP contribution in [-0.4, -0.2) is 77.2 Å². The van der Waals surface area contributed by atoms with Gasteiger partial charge in [-0.3, -0.25) is 13.6 Å². The van der Waals surface area contributed by atoms with E-state index in [9.17, 15) is 29.8 Å². The van der Waals surface area contributed by atoms with Crippen LogP contribution >= 0.6 is 7.82 Å². The minimum atomic E-state index is -4.02. The molecule has 0 unspecified atom stereocenters. The summed E-state index contributed by atoms with van der Waals surface area (Å²) in [7, 11) is -4.02. The number of hydrogen-bond acceptors (Lipinski definition) is 10. The van der Waals surface area contributed by atoms with Gasteiger partial charge in [0.15, 0.2) is 6.10 Å². The van der Waals surface area contributed by atoms with Gasteiger partial charge in [0.25, 0.3) is 0 Å². The molecule has 0 aromatic rings. The van der Waals surface area contributed by atoms with Gasteiger partial charge in [-0.15, -0.1) is 0 Å². The summed E-state index contributed by atoms with van der Waals surface area (Å²) in [6.45, 7) is 10.4. The molecule has 0 saturated heterocycles. The maximum atomic E-state index is 12.7. The summed E-state index contributed by atoms with van der Waals surface area (Å²) in [6.07, 6.45) is -7.86. The lowest BCUT2D eigenvalue weighted by molar-refractivity contribution is -0.171. The molecule has 0 amide bonds. The zero-order valence-electron chi connectivity index (χ0n) is 18.1. The molecule has 174 valence electrons. The van der Waals surface area contributed by atoms with Gasteiger partial charge in [-0.05, 0) is 17.8 Å². The van der Waals surface area contributed by atoms with Crippen LogP contribution in [0.4, 0.5) is 0 Å². The summed E-state index contributed by atoms with van der Waals surface area (Å²) in [5, 5.41) is 39.7. The highest BCUT2D eigenvalue weighted by molar-refractivity contribution is 7.48. The second kappa shape index (κ2) is 13.7. The molecule has 0 radical (unpaired) electrons. The molecule has 0 aromatic carbocycles. The molecule has 0 bridgehead atoms. The maximum absolute atomic E-state index is 12.7. The Morgan fingerprint density at radius 2 is 1.14 bits per heavy atom. The third kappa shape index (κ3) is 12.0. The van der Waals surface area contributed by atoms with Crippen molar-refractivity contribution in [3.63, 3.8) is 0 Å². The number of hydrogen-bond donors (Lipinski definition) is 4. The minimum Gasteiger partial charge on any atom is -0.463 e. The maximum Gasteiger partial charge on any atom is 0.474 e. The Labute approximate surface area is 172 Å². The molecule has 29 heavy (non-hydrogen) atoms.